The zero-order valence-corrected chi connectivity index (χ0v) is 10.9. The van der Waals surface area contributed by atoms with E-state index >= 15 is 0 Å². The number of halogens is 2. The highest BCUT2D eigenvalue weighted by atomic mass is 35.5. The molecule has 0 aliphatic rings. The van der Waals surface area contributed by atoms with Gasteiger partial charge in [-0.3, -0.25) is 4.40 Å². The van der Waals surface area contributed by atoms with Crippen LogP contribution in [0, 0.1) is 12.7 Å². The molecular weight excluding hydrogens is 265 g/mol. The van der Waals surface area contributed by atoms with Crippen molar-refractivity contribution in [3.63, 3.8) is 0 Å². The quantitative estimate of drug-likeness (QED) is 0.736. The topological polar surface area (TPSA) is 43.3 Å². The van der Waals surface area contributed by atoms with Crippen molar-refractivity contribution in [1.82, 2.24) is 9.38 Å². The molecule has 0 spiro atoms. The Labute approximate surface area is 114 Å². The van der Waals surface area contributed by atoms with Crippen molar-refractivity contribution in [3.8, 4) is 11.3 Å². The Morgan fingerprint density at radius 1 is 1.26 bits per heavy atom. The van der Waals surface area contributed by atoms with Gasteiger partial charge in [-0.1, -0.05) is 17.7 Å². The third-order valence-electron chi connectivity index (χ3n) is 3.07. The van der Waals surface area contributed by atoms with Crippen LogP contribution in [0.25, 0.3) is 16.9 Å². The van der Waals surface area contributed by atoms with Gasteiger partial charge in [0.2, 0.25) is 0 Å². The van der Waals surface area contributed by atoms with E-state index in [0.29, 0.717) is 17.1 Å². The Kier molecular flexibility index (Phi) is 2.68. The zero-order valence-electron chi connectivity index (χ0n) is 10.2. The van der Waals surface area contributed by atoms with Gasteiger partial charge in [0.25, 0.3) is 0 Å². The molecule has 0 saturated carbocycles. The lowest BCUT2D eigenvalue weighted by atomic mass is 10.1. The first-order chi connectivity index (χ1) is 9.08. The summed E-state index contributed by atoms with van der Waals surface area (Å²) in [5, 5.41) is 0.0608. The molecule has 0 amide bonds. The first kappa shape index (κ1) is 12.0. The molecule has 0 aliphatic heterocycles. The second-order valence-electron chi connectivity index (χ2n) is 4.34. The van der Waals surface area contributed by atoms with E-state index in [0.717, 1.165) is 11.3 Å². The van der Waals surface area contributed by atoms with Gasteiger partial charge >= 0.3 is 0 Å². The number of fused-ring (bicyclic) bond motifs is 1. The highest BCUT2D eigenvalue weighted by Gasteiger charge is 2.13. The number of nitrogens with two attached hydrogens (primary N) is 1. The van der Waals surface area contributed by atoms with Gasteiger partial charge in [0.15, 0.2) is 0 Å². The molecule has 0 fully saturated rings. The lowest BCUT2D eigenvalue weighted by molar-refractivity contribution is 0.628. The molecule has 3 nitrogen and oxygen atoms in total. The van der Waals surface area contributed by atoms with Crippen molar-refractivity contribution in [2.75, 3.05) is 5.73 Å². The molecule has 2 heterocycles. The van der Waals surface area contributed by atoms with E-state index in [1.807, 2.05) is 29.5 Å². The third kappa shape index (κ3) is 1.85. The molecule has 2 aromatic heterocycles. The molecule has 0 unspecified atom stereocenters. The fraction of sp³-hybridized carbons (Fsp3) is 0.0714. The third-order valence-corrected chi connectivity index (χ3v) is 3.36. The molecule has 0 saturated heterocycles. The molecule has 0 atom stereocenters. The SMILES string of the molecule is Cc1cccc2nc(-c3ccc(F)c(Cl)c3)c(N)n12. The standard InChI is InChI=1S/C14H11ClFN3/c1-8-3-2-4-12-18-13(14(17)19(8)12)9-5-6-11(16)10(15)7-9/h2-7H,17H2,1H3. The van der Waals surface area contributed by atoms with E-state index in [1.54, 1.807) is 6.07 Å². The van der Waals surface area contributed by atoms with Crippen molar-refractivity contribution in [2.24, 2.45) is 0 Å². The monoisotopic (exact) mass is 275 g/mol. The van der Waals surface area contributed by atoms with E-state index in [1.165, 1.54) is 12.1 Å². The van der Waals surface area contributed by atoms with Crippen molar-refractivity contribution < 1.29 is 4.39 Å². The summed E-state index contributed by atoms with van der Waals surface area (Å²) in [5.41, 5.74) is 9.18. The molecule has 19 heavy (non-hydrogen) atoms. The summed E-state index contributed by atoms with van der Waals surface area (Å²) >= 11 is 5.80. The number of anilines is 1. The van der Waals surface area contributed by atoms with Gasteiger partial charge in [-0.2, -0.15) is 0 Å². The number of imidazole rings is 1. The molecule has 96 valence electrons. The predicted molar refractivity (Wildman–Crippen MR) is 74.7 cm³/mol. The van der Waals surface area contributed by atoms with Crippen LogP contribution < -0.4 is 5.73 Å². The molecule has 0 aliphatic carbocycles. The number of aryl methyl sites for hydroxylation is 1. The lowest BCUT2D eigenvalue weighted by Gasteiger charge is -2.02. The van der Waals surface area contributed by atoms with E-state index < -0.39 is 5.82 Å². The number of hydrogen-bond acceptors (Lipinski definition) is 2. The van der Waals surface area contributed by atoms with Crippen LogP contribution in [0.1, 0.15) is 5.69 Å². The van der Waals surface area contributed by atoms with E-state index in [4.69, 9.17) is 17.3 Å². The molecule has 5 heteroatoms. The maximum atomic E-state index is 13.2. The number of hydrogen-bond donors (Lipinski definition) is 1. The Morgan fingerprint density at radius 2 is 2.05 bits per heavy atom. The number of nitrogen functional groups attached to an aromatic ring is 1. The summed E-state index contributed by atoms with van der Waals surface area (Å²) in [6.45, 7) is 1.95. The predicted octanol–water partition coefficient (Wildman–Crippen LogP) is 3.68. The number of aromatic nitrogens is 2. The van der Waals surface area contributed by atoms with Crippen LogP contribution in [0.3, 0.4) is 0 Å². The smallest absolute Gasteiger partial charge is 0.141 e. The first-order valence-corrected chi connectivity index (χ1v) is 6.14. The van der Waals surface area contributed by atoms with Gasteiger partial charge in [-0.15, -0.1) is 0 Å². The molecular formula is C14H11ClFN3. The summed E-state index contributed by atoms with van der Waals surface area (Å²) in [7, 11) is 0. The van der Waals surface area contributed by atoms with Crippen molar-refractivity contribution >= 4 is 23.1 Å². The Balaban J connectivity index is 2.28. The maximum Gasteiger partial charge on any atom is 0.141 e. The van der Waals surface area contributed by atoms with Crippen LogP contribution in [0.5, 0.6) is 0 Å². The molecule has 0 bridgehead atoms. The minimum Gasteiger partial charge on any atom is -0.383 e. The van der Waals surface area contributed by atoms with Crippen molar-refractivity contribution in [2.45, 2.75) is 6.92 Å². The molecule has 2 N–H and O–H groups in total. The fourth-order valence-electron chi connectivity index (χ4n) is 2.14. The average molecular weight is 276 g/mol. The van der Waals surface area contributed by atoms with Crippen LogP contribution in [0.2, 0.25) is 5.02 Å². The highest BCUT2D eigenvalue weighted by molar-refractivity contribution is 6.31. The molecule has 1 aromatic carbocycles. The number of pyridine rings is 1. The Hall–Kier alpha value is -2.07. The molecule has 3 rings (SSSR count). The van der Waals surface area contributed by atoms with E-state index in [2.05, 4.69) is 4.98 Å². The Morgan fingerprint density at radius 3 is 2.74 bits per heavy atom. The van der Waals surface area contributed by atoms with Crippen LogP contribution in [-0.2, 0) is 0 Å². The number of benzene rings is 1. The average Bonchev–Trinajstić information content (AvgIpc) is 2.72. The molecule has 3 aromatic rings. The van der Waals surface area contributed by atoms with Gasteiger partial charge in [0.1, 0.15) is 23.0 Å². The number of rotatable bonds is 1. The number of nitrogens with zero attached hydrogens (tertiary/aromatic N) is 2. The second kappa shape index (κ2) is 4.24. The van der Waals surface area contributed by atoms with Gasteiger partial charge < -0.3 is 5.73 Å². The summed E-state index contributed by atoms with van der Waals surface area (Å²) < 4.78 is 15.0. The van der Waals surface area contributed by atoms with Gasteiger partial charge in [-0.25, -0.2) is 9.37 Å². The summed E-state index contributed by atoms with van der Waals surface area (Å²) in [6.07, 6.45) is 0. The van der Waals surface area contributed by atoms with Crippen LogP contribution in [0.15, 0.2) is 36.4 Å². The van der Waals surface area contributed by atoms with Gasteiger partial charge in [0.05, 0.1) is 5.02 Å². The van der Waals surface area contributed by atoms with Gasteiger partial charge in [0, 0.05) is 11.3 Å². The minimum atomic E-state index is -0.455. The van der Waals surface area contributed by atoms with Crippen molar-refractivity contribution in [3.05, 3.63) is 52.9 Å². The van der Waals surface area contributed by atoms with Gasteiger partial charge in [-0.05, 0) is 37.3 Å². The Bertz CT molecular complexity index is 780. The summed E-state index contributed by atoms with van der Waals surface area (Å²) in [4.78, 5) is 4.47. The largest absolute Gasteiger partial charge is 0.383 e. The second-order valence-corrected chi connectivity index (χ2v) is 4.74. The van der Waals surface area contributed by atoms with E-state index in [-0.39, 0.29) is 5.02 Å². The first-order valence-electron chi connectivity index (χ1n) is 5.77. The fourth-order valence-corrected chi connectivity index (χ4v) is 2.32. The summed E-state index contributed by atoms with van der Waals surface area (Å²) in [5.74, 6) is 0.0692. The zero-order chi connectivity index (χ0) is 13.6. The van der Waals surface area contributed by atoms with Crippen molar-refractivity contribution in [1.29, 1.82) is 0 Å². The highest BCUT2D eigenvalue weighted by Crippen LogP contribution is 2.30. The summed E-state index contributed by atoms with van der Waals surface area (Å²) in [6, 6.07) is 10.2. The normalized spacial score (nSPS) is 11.1. The molecule has 0 radical (unpaired) electrons. The van der Waals surface area contributed by atoms with E-state index in [9.17, 15) is 4.39 Å². The van der Waals surface area contributed by atoms with Crippen LogP contribution >= 0.6 is 11.6 Å². The minimum absolute atomic E-state index is 0.0608. The van der Waals surface area contributed by atoms with Crippen LogP contribution in [-0.4, -0.2) is 9.38 Å². The maximum absolute atomic E-state index is 13.2. The lowest BCUT2D eigenvalue weighted by Crippen LogP contribution is -1.97. The van der Waals surface area contributed by atoms with Crippen LogP contribution in [0.4, 0.5) is 10.2 Å².